The van der Waals surface area contributed by atoms with E-state index in [1.807, 2.05) is 25.1 Å². The number of aromatic nitrogens is 1. The Labute approximate surface area is 216 Å². The van der Waals surface area contributed by atoms with Crippen LogP contribution in [0.25, 0.3) is 0 Å². The van der Waals surface area contributed by atoms with Gasteiger partial charge in [0, 0.05) is 12.1 Å². The summed E-state index contributed by atoms with van der Waals surface area (Å²) < 4.78 is 0. The van der Waals surface area contributed by atoms with Crippen LogP contribution in [0.1, 0.15) is 84.3 Å². The van der Waals surface area contributed by atoms with Crippen molar-refractivity contribution in [3.8, 4) is 0 Å². The van der Waals surface area contributed by atoms with Gasteiger partial charge in [0.05, 0.1) is 18.3 Å². The highest BCUT2D eigenvalue weighted by Crippen LogP contribution is 2.68. The predicted octanol–water partition coefficient (Wildman–Crippen LogP) is 4.71. The van der Waals surface area contributed by atoms with Gasteiger partial charge >= 0.3 is 0 Å². The maximum atomic E-state index is 12.6. The third-order valence-corrected chi connectivity index (χ3v) is 11.5. The van der Waals surface area contributed by atoms with Crippen LogP contribution in [-0.2, 0) is 4.79 Å². The fourth-order valence-electron chi connectivity index (χ4n) is 9.51. The van der Waals surface area contributed by atoms with Crippen LogP contribution in [0, 0.1) is 53.3 Å². The monoisotopic (exact) mass is 498 g/mol. The van der Waals surface area contributed by atoms with Gasteiger partial charge in [-0.25, -0.2) is 4.98 Å². The fourth-order valence-corrected chi connectivity index (χ4v) is 9.51. The second-order valence-corrected chi connectivity index (χ2v) is 13.3. The number of aliphatic hydroxyl groups excluding tert-OH is 3. The van der Waals surface area contributed by atoms with E-state index < -0.39 is 6.10 Å². The summed E-state index contributed by atoms with van der Waals surface area (Å²) in [6.07, 6.45) is 6.49. The average molecular weight is 499 g/mol. The maximum Gasteiger partial charge on any atom is 0.225 e. The molecule has 1 aromatic rings. The molecule has 0 unspecified atom stereocenters. The zero-order valence-corrected chi connectivity index (χ0v) is 22.5. The first-order valence-electron chi connectivity index (χ1n) is 14.3. The lowest BCUT2D eigenvalue weighted by atomic mass is 9.43. The molecule has 4 fully saturated rings. The zero-order chi connectivity index (χ0) is 25.8. The van der Waals surface area contributed by atoms with Crippen molar-refractivity contribution in [1.29, 1.82) is 0 Å². The Morgan fingerprint density at radius 2 is 1.89 bits per heavy atom. The molecule has 200 valence electrons. The average Bonchev–Trinajstić information content (AvgIpc) is 3.18. The SMILES string of the molecule is Cc1cccc(NC(=O)CC[C@@H](C)[C@H]2CC[C@H]3[C@@H]4[C@H](O)C[C@@H]5C[C@H](O)CC[C@]5(C)[C@H]4C[C@H](O)[C@]23C)n1. The van der Waals surface area contributed by atoms with E-state index in [0.29, 0.717) is 41.8 Å². The van der Waals surface area contributed by atoms with Gasteiger partial charge in [-0.05, 0) is 117 Å². The molecule has 6 nitrogen and oxygen atoms in total. The standard InChI is InChI=1S/C30H46N2O4/c1-17(8-11-27(36)32-26-7-5-6-18(2)31-26)21-9-10-22-28-23(16-25(35)30(21,22)4)29(3)13-12-20(33)14-19(29)15-24(28)34/h5-7,17,19-25,28,33-35H,8-16H2,1-4H3,(H,31,32,36)/t17-,19+,20-,21-,22+,23+,24-,25+,28+,29+,30-/m1/s1. The molecule has 0 aromatic carbocycles. The number of pyridine rings is 1. The molecule has 0 saturated heterocycles. The minimum absolute atomic E-state index is 0.00920. The largest absolute Gasteiger partial charge is 0.393 e. The predicted molar refractivity (Wildman–Crippen MR) is 140 cm³/mol. The number of nitrogens with one attached hydrogen (secondary N) is 1. The Hall–Kier alpha value is -1.50. The third kappa shape index (κ3) is 4.31. The lowest BCUT2D eigenvalue weighted by Crippen LogP contribution is -2.62. The lowest BCUT2D eigenvalue weighted by molar-refractivity contribution is -0.207. The normalized spacial score (nSPS) is 44.8. The Morgan fingerprint density at radius 3 is 2.64 bits per heavy atom. The summed E-state index contributed by atoms with van der Waals surface area (Å²) in [6.45, 7) is 8.80. The van der Waals surface area contributed by atoms with Crippen LogP contribution >= 0.6 is 0 Å². The van der Waals surface area contributed by atoms with Crippen molar-refractivity contribution < 1.29 is 20.1 Å². The highest BCUT2D eigenvalue weighted by atomic mass is 16.3. The van der Waals surface area contributed by atoms with E-state index in [1.54, 1.807) is 0 Å². The Kier molecular flexibility index (Phi) is 7.01. The molecule has 6 heteroatoms. The zero-order valence-electron chi connectivity index (χ0n) is 22.5. The van der Waals surface area contributed by atoms with Gasteiger partial charge in [-0.1, -0.05) is 26.8 Å². The molecule has 1 aromatic heterocycles. The van der Waals surface area contributed by atoms with E-state index in [9.17, 15) is 20.1 Å². The van der Waals surface area contributed by atoms with Gasteiger partial charge in [-0.3, -0.25) is 4.79 Å². The number of rotatable bonds is 5. The van der Waals surface area contributed by atoms with Crippen LogP contribution in [0.15, 0.2) is 18.2 Å². The van der Waals surface area contributed by atoms with Crippen molar-refractivity contribution in [1.82, 2.24) is 4.98 Å². The minimum Gasteiger partial charge on any atom is -0.393 e. The molecule has 5 rings (SSSR count). The van der Waals surface area contributed by atoms with Gasteiger partial charge in [-0.2, -0.15) is 0 Å². The van der Waals surface area contributed by atoms with E-state index >= 15 is 0 Å². The summed E-state index contributed by atoms with van der Waals surface area (Å²) in [5.41, 5.74) is 0.745. The van der Waals surface area contributed by atoms with E-state index in [4.69, 9.17) is 0 Å². The van der Waals surface area contributed by atoms with Gasteiger partial charge in [0.15, 0.2) is 0 Å². The van der Waals surface area contributed by atoms with E-state index in [0.717, 1.165) is 57.1 Å². The molecule has 0 spiro atoms. The van der Waals surface area contributed by atoms with E-state index in [1.165, 1.54) is 0 Å². The van der Waals surface area contributed by atoms with Crippen LogP contribution in [0.5, 0.6) is 0 Å². The summed E-state index contributed by atoms with van der Waals surface area (Å²) in [6, 6.07) is 5.63. The fraction of sp³-hybridized carbons (Fsp3) is 0.800. The van der Waals surface area contributed by atoms with Crippen LogP contribution < -0.4 is 5.32 Å². The molecule has 11 atom stereocenters. The molecular weight excluding hydrogens is 452 g/mol. The summed E-state index contributed by atoms with van der Waals surface area (Å²) in [4.78, 5) is 17.0. The number of hydrogen-bond acceptors (Lipinski definition) is 5. The van der Waals surface area contributed by atoms with Crippen molar-refractivity contribution in [3.05, 3.63) is 23.9 Å². The van der Waals surface area contributed by atoms with Gasteiger partial charge in [0.1, 0.15) is 5.82 Å². The number of anilines is 1. The molecule has 1 heterocycles. The summed E-state index contributed by atoms with van der Waals surface area (Å²) in [5, 5.41) is 36.4. The molecule has 0 aliphatic heterocycles. The first-order valence-corrected chi connectivity index (χ1v) is 14.3. The second-order valence-electron chi connectivity index (χ2n) is 13.3. The van der Waals surface area contributed by atoms with Crippen LogP contribution in [0.3, 0.4) is 0 Å². The number of amides is 1. The Balaban J connectivity index is 1.28. The Morgan fingerprint density at radius 1 is 1.11 bits per heavy atom. The Bertz CT molecular complexity index is 970. The van der Waals surface area contributed by atoms with Crippen molar-refractivity contribution in [2.75, 3.05) is 5.32 Å². The van der Waals surface area contributed by atoms with Crippen molar-refractivity contribution >= 4 is 11.7 Å². The number of nitrogens with zero attached hydrogens (tertiary/aromatic N) is 1. The second kappa shape index (κ2) is 9.67. The van der Waals surface area contributed by atoms with Crippen molar-refractivity contribution in [3.63, 3.8) is 0 Å². The number of fused-ring (bicyclic) bond motifs is 5. The topological polar surface area (TPSA) is 103 Å². The smallest absolute Gasteiger partial charge is 0.225 e. The maximum absolute atomic E-state index is 12.6. The summed E-state index contributed by atoms with van der Waals surface area (Å²) >= 11 is 0. The van der Waals surface area contributed by atoms with Crippen molar-refractivity contribution in [2.24, 2.45) is 46.3 Å². The van der Waals surface area contributed by atoms with Gasteiger partial charge < -0.3 is 20.6 Å². The number of carbonyl (C=O) groups is 1. The van der Waals surface area contributed by atoms with E-state index in [-0.39, 0.29) is 34.9 Å². The highest BCUT2D eigenvalue weighted by Gasteiger charge is 2.65. The summed E-state index contributed by atoms with van der Waals surface area (Å²) in [5.74, 6) is 2.43. The minimum atomic E-state index is -0.390. The van der Waals surface area contributed by atoms with Gasteiger partial charge in [-0.15, -0.1) is 0 Å². The number of aliphatic hydroxyl groups is 3. The number of aryl methyl sites for hydroxylation is 1. The number of carbonyl (C=O) groups excluding carboxylic acids is 1. The molecule has 4 aliphatic carbocycles. The molecule has 4 aliphatic rings. The van der Waals surface area contributed by atoms with Crippen molar-refractivity contribution in [2.45, 2.75) is 104 Å². The molecule has 4 N–H and O–H groups in total. The highest BCUT2D eigenvalue weighted by molar-refractivity contribution is 5.89. The molecular formula is C30H46N2O4. The third-order valence-electron chi connectivity index (χ3n) is 11.5. The van der Waals surface area contributed by atoms with Gasteiger partial charge in [0.25, 0.3) is 0 Å². The van der Waals surface area contributed by atoms with Crippen LogP contribution in [-0.4, -0.2) is 44.5 Å². The molecule has 4 saturated carbocycles. The molecule has 36 heavy (non-hydrogen) atoms. The lowest BCUT2D eigenvalue weighted by Gasteiger charge is -2.63. The van der Waals surface area contributed by atoms with E-state index in [2.05, 4.69) is 31.1 Å². The van der Waals surface area contributed by atoms with Gasteiger partial charge in [0.2, 0.25) is 5.91 Å². The first-order chi connectivity index (χ1) is 17.0. The quantitative estimate of drug-likeness (QED) is 0.471. The summed E-state index contributed by atoms with van der Waals surface area (Å²) in [7, 11) is 0. The first kappa shape index (κ1) is 26.1. The molecule has 0 radical (unpaired) electrons. The van der Waals surface area contributed by atoms with Crippen LogP contribution in [0.2, 0.25) is 0 Å². The molecule has 1 amide bonds. The van der Waals surface area contributed by atoms with Crippen LogP contribution in [0.4, 0.5) is 5.82 Å². The molecule has 0 bridgehead atoms. The number of hydrogen-bond donors (Lipinski definition) is 4.